The molecular formula is C18H22N6O2S3. The fourth-order valence-electron chi connectivity index (χ4n) is 2.97. The zero-order valence-corrected chi connectivity index (χ0v) is 18.9. The van der Waals surface area contributed by atoms with Crippen molar-refractivity contribution in [1.29, 1.82) is 5.26 Å². The molecule has 0 saturated carbocycles. The maximum Gasteiger partial charge on any atom is 0.321 e. The number of aromatic nitrogens is 2. The first kappa shape index (κ1) is 21.5. The highest BCUT2D eigenvalue weighted by Crippen LogP contribution is 2.35. The van der Waals surface area contributed by atoms with Gasteiger partial charge in [-0.3, -0.25) is 10.1 Å². The molecule has 0 aromatic carbocycles. The minimum atomic E-state index is -0.392. The molecule has 2 aromatic heterocycles. The lowest BCUT2D eigenvalue weighted by molar-refractivity contribution is -0.132. The molecule has 2 N–H and O–H groups in total. The van der Waals surface area contributed by atoms with Crippen LogP contribution < -0.4 is 10.6 Å². The summed E-state index contributed by atoms with van der Waals surface area (Å²) in [5.74, 6) is 0.986. The number of hydrogen-bond donors (Lipinski definition) is 2. The molecule has 0 spiro atoms. The summed E-state index contributed by atoms with van der Waals surface area (Å²) >= 11 is 4.53. The molecule has 11 heteroatoms. The predicted molar refractivity (Wildman–Crippen MR) is 117 cm³/mol. The number of carbonyl (C=O) groups excluding carboxylic acids is 2. The normalized spacial score (nSPS) is 15.2. The first-order chi connectivity index (χ1) is 13.8. The largest absolute Gasteiger partial charge is 0.337 e. The summed E-state index contributed by atoms with van der Waals surface area (Å²) in [6.07, 6.45) is 0.544. The molecule has 1 saturated heterocycles. The van der Waals surface area contributed by atoms with Crippen LogP contribution >= 0.6 is 34.4 Å². The summed E-state index contributed by atoms with van der Waals surface area (Å²) in [6, 6.07) is 1.69. The van der Waals surface area contributed by atoms with E-state index in [0.29, 0.717) is 5.13 Å². The Kier molecular flexibility index (Phi) is 6.77. The molecule has 3 rings (SSSR count). The van der Waals surface area contributed by atoms with Crippen molar-refractivity contribution in [2.24, 2.45) is 0 Å². The Morgan fingerprint density at radius 2 is 2.17 bits per heavy atom. The predicted octanol–water partition coefficient (Wildman–Crippen LogP) is 3.46. The van der Waals surface area contributed by atoms with Gasteiger partial charge in [0.15, 0.2) is 5.13 Å². The highest BCUT2D eigenvalue weighted by molar-refractivity contribution is 8.00. The number of nitrogens with one attached hydrogen (secondary N) is 2. The van der Waals surface area contributed by atoms with Crippen LogP contribution in [0.2, 0.25) is 0 Å². The highest BCUT2D eigenvalue weighted by atomic mass is 32.2. The number of amides is 3. The second kappa shape index (κ2) is 9.11. The van der Waals surface area contributed by atoms with Crippen LogP contribution in [0.25, 0.3) is 10.6 Å². The SMILES string of the molecule is Cc1nc(NC(=O)NCCC(=O)N2CCSC2(C)C)sc1-c1csc(CC#N)n1. The van der Waals surface area contributed by atoms with Gasteiger partial charge in [-0.25, -0.2) is 14.8 Å². The number of nitriles is 1. The molecule has 0 atom stereocenters. The quantitative estimate of drug-likeness (QED) is 0.697. The number of anilines is 1. The maximum atomic E-state index is 12.4. The van der Waals surface area contributed by atoms with Crippen LogP contribution in [0.5, 0.6) is 0 Å². The van der Waals surface area contributed by atoms with Crippen molar-refractivity contribution in [3.63, 3.8) is 0 Å². The van der Waals surface area contributed by atoms with Gasteiger partial charge < -0.3 is 10.2 Å². The fraction of sp³-hybridized carbons (Fsp3) is 0.500. The van der Waals surface area contributed by atoms with E-state index in [2.05, 4.69) is 26.7 Å². The van der Waals surface area contributed by atoms with Crippen LogP contribution in [0.1, 0.15) is 31.0 Å². The van der Waals surface area contributed by atoms with Crippen LogP contribution in [-0.4, -0.2) is 50.5 Å². The molecule has 1 fully saturated rings. The van der Waals surface area contributed by atoms with Crippen LogP contribution in [0, 0.1) is 18.3 Å². The van der Waals surface area contributed by atoms with Gasteiger partial charge in [-0.05, 0) is 20.8 Å². The lowest BCUT2D eigenvalue weighted by atomic mass is 10.2. The molecule has 154 valence electrons. The second-order valence-corrected chi connectivity index (χ2v) is 10.5. The molecule has 3 amide bonds. The standard InChI is InChI=1S/C18H22N6O2S3/c1-11-15(12-10-27-13(22-12)4-6-19)29-17(21-11)23-16(26)20-7-5-14(25)24-8-9-28-18(24,2)3/h10H,4-5,7-9H2,1-3H3,(H2,20,21,23,26). The lowest BCUT2D eigenvalue weighted by Gasteiger charge is -2.30. The van der Waals surface area contributed by atoms with Crippen molar-refractivity contribution < 1.29 is 9.59 Å². The van der Waals surface area contributed by atoms with Gasteiger partial charge in [0.2, 0.25) is 5.91 Å². The molecule has 1 aliphatic heterocycles. The molecule has 0 bridgehead atoms. The average molecular weight is 451 g/mol. The summed E-state index contributed by atoms with van der Waals surface area (Å²) in [7, 11) is 0. The van der Waals surface area contributed by atoms with E-state index in [1.807, 2.05) is 31.1 Å². The van der Waals surface area contributed by atoms with E-state index in [1.54, 1.807) is 11.8 Å². The first-order valence-corrected chi connectivity index (χ1v) is 11.8. The van der Waals surface area contributed by atoms with E-state index in [0.717, 1.165) is 33.6 Å². The van der Waals surface area contributed by atoms with Crippen molar-refractivity contribution in [3.8, 4) is 16.6 Å². The highest BCUT2D eigenvalue weighted by Gasteiger charge is 2.35. The van der Waals surface area contributed by atoms with Crippen molar-refractivity contribution in [2.45, 2.75) is 38.5 Å². The van der Waals surface area contributed by atoms with Crippen LogP contribution in [-0.2, 0) is 11.2 Å². The van der Waals surface area contributed by atoms with E-state index in [4.69, 9.17) is 5.26 Å². The van der Waals surface area contributed by atoms with Crippen LogP contribution in [0.3, 0.4) is 0 Å². The van der Waals surface area contributed by atoms with Gasteiger partial charge in [0, 0.05) is 30.6 Å². The van der Waals surface area contributed by atoms with Gasteiger partial charge in [-0.1, -0.05) is 11.3 Å². The molecule has 29 heavy (non-hydrogen) atoms. The number of rotatable bonds is 6. The second-order valence-electron chi connectivity index (χ2n) is 6.87. The lowest BCUT2D eigenvalue weighted by Crippen LogP contribution is -2.42. The Morgan fingerprint density at radius 1 is 1.38 bits per heavy atom. The Labute approximate surface area is 181 Å². The Morgan fingerprint density at radius 3 is 2.86 bits per heavy atom. The number of urea groups is 1. The van der Waals surface area contributed by atoms with Crippen molar-refractivity contribution in [3.05, 3.63) is 16.1 Å². The Hall–Kier alpha value is -2.16. The molecule has 3 heterocycles. The van der Waals surface area contributed by atoms with E-state index < -0.39 is 6.03 Å². The van der Waals surface area contributed by atoms with Gasteiger partial charge in [0.05, 0.1) is 33.6 Å². The smallest absolute Gasteiger partial charge is 0.321 e. The Bertz CT molecular complexity index is 946. The summed E-state index contributed by atoms with van der Waals surface area (Å²) < 4.78 is 0. The Balaban J connectivity index is 1.51. The topological polar surface area (TPSA) is 111 Å². The van der Waals surface area contributed by atoms with Gasteiger partial charge in [0.1, 0.15) is 5.01 Å². The molecule has 1 aliphatic rings. The molecule has 0 radical (unpaired) electrons. The van der Waals surface area contributed by atoms with Crippen molar-refractivity contribution in [1.82, 2.24) is 20.2 Å². The van der Waals surface area contributed by atoms with E-state index >= 15 is 0 Å². The number of aryl methyl sites for hydroxylation is 1. The summed E-state index contributed by atoms with van der Waals surface area (Å²) in [5.41, 5.74) is 1.53. The summed E-state index contributed by atoms with van der Waals surface area (Å²) in [6.45, 7) is 6.94. The molecule has 0 unspecified atom stereocenters. The first-order valence-electron chi connectivity index (χ1n) is 9.08. The third-order valence-electron chi connectivity index (χ3n) is 4.38. The molecule has 2 aromatic rings. The monoisotopic (exact) mass is 450 g/mol. The molecular weight excluding hydrogens is 428 g/mol. The number of thioether (sulfide) groups is 1. The molecule has 8 nitrogen and oxygen atoms in total. The van der Waals surface area contributed by atoms with Gasteiger partial charge >= 0.3 is 6.03 Å². The van der Waals surface area contributed by atoms with Gasteiger partial charge in [0.25, 0.3) is 0 Å². The van der Waals surface area contributed by atoms with Crippen molar-refractivity contribution in [2.75, 3.05) is 24.2 Å². The fourth-order valence-corrected chi connectivity index (χ4v) is 5.81. The summed E-state index contributed by atoms with van der Waals surface area (Å²) in [5, 5.41) is 17.3. The third kappa shape index (κ3) is 5.26. The van der Waals surface area contributed by atoms with E-state index in [1.165, 1.54) is 22.7 Å². The van der Waals surface area contributed by atoms with Gasteiger partial charge in [-0.2, -0.15) is 5.26 Å². The van der Waals surface area contributed by atoms with E-state index in [9.17, 15) is 9.59 Å². The molecule has 0 aliphatic carbocycles. The number of nitrogens with zero attached hydrogens (tertiary/aromatic N) is 4. The summed E-state index contributed by atoms with van der Waals surface area (Å²) in [4.78, 5) is 35.9. The zero-order chi connectivity index (χ0) is 21.0. The van der Waals surface area contributed by atoms with Crippen molar-refractivity contribution >= 4 is 51.5 Å². The minimum Gasteiger partial charge on any atom is -0.337 e. The van der Waals surface area contributed by atoms with Gasteiger partial charge in [-0.15, -0.1) is 23.1 Å². The number of hydrogen-bond acceptors (Lipinski definition) is 8. The minimum absolute atomic E-state index is 0.0457. The van der Waals surface area contributed by atoms with Crippen LogP contribution in [0.15, 0.2) is 5.38 Å². The van der Waals surface area contributed by atoms with E-state index in [-0.39, 0.29) is 30.2 Å². The van der Waals surface area contributed by atoms with Crippen LogP contribution in [0.4, 0.5) is 9.93 Å². The maximum absolute atomic E-state index is 12.4. The number of carbonyl (C=O) groups is 2. The third-order valence-corrected chi connectivity index (χ3v) is 7.64. The average Bonchev–Trinajstić information content (AvgIpc) is 3.33. The number of thiazole rings is 2. The zero-order valence-electron chi connectivity index (χ0n) is 16.4.